The van der Waals surface area contributed by atoms with Gasteiger partial charge in [0, 0.05) is 37.9 Å². The summed E-state index contributed by atoms with van der Waals surface area (Å²) in [6.07, 6.45) is 15.2. The maximum Gasteiger partial charge on any atom is 0.289 e. The Kier molecular flexibility index (Phi) is 13.3. The number of likely N-dealkylation sites (tertiary alicyclic amines) is 1. The Morgan fingerprint density at radius 3 is 2.30 bits per heavy atom. The Hall–Kier alpha value is -4.75. The summed E-state index contributed by atoms with van der Waals surface area (Å²) in [5.74, 6) is -3.56. The number of Topliss-reactive ketones (excluding diaryl/α,β-unsaturated/α-hetero) is 1. The Balaban J connectivity index is 1.34. The van der Waals surface area contributed by atoms with Crippen LogP contribution < -0.4 is 21.3 Å². The Morgan fingerprint density at radius 2 is 1.64 bits per heavy atom. The molecule has 2 aromatic rings. The molecule has 3 aliphatic rings. The van der Waals surface area contributed by atoms with Crippen molar-refractivity contribution in [1.82, 2.24) is 41.1 Å². The van der Waals surface area contributed by atoms with Crippen LogP contribution in [0.15, 0.2) is 43.1 Å². The highest BCUT2D eigenvalue weighted by molar-refractivity contribution is 6.38. The number of hydrogen-bond acceptors (Lipinski definition) is 9. The molecule has 0 aromatic carbocycles. The molecule has 0 bridgehead atoms. The lowest BCUT2D eigenvalue weighted by atomic mass is 9.82. The molecule has 53 heavy (non-hydrogen) atoms. The average molecular weight is 731 g/mol. The molecule has 3 fully saturated rings. The van der Waals surface area contributed by atoms with Crippen LogP contribution in [0, 0.1) is 23.2 Å². The summed E-state index contributed by atoms with van der Waals surface area (Å²) in [6.45, 7) is 7.90. The lowest BCUT2D eigenvalue weighted by molar-refractivity contribution is -0.146. The van der Waals surface area contributed by atoms with Crippen molar-refractivity contribution in [3.8, 4) is 0 Å². The predicted octanol–water partition coefficient (Wildman–Crippen LogP) is 2.88. The van der Waals surface area contributed by atoms with Crippen molar-refractivity contribution in [3.63, 3.8) is 0 Å². The number of pyridine rings is 1. The number of nitrogens with zero attached hydrogens (tertiary/aromatic N) is 4. The highest BCUT2D eigenvalue weighted by Gasteiger charge is 2.52. The molecule has 0 spiro atoms. The summed E-state index contributed by atoms with van der Waals surface area (Å²) < 4.78 is 0. The van der Waals surface area contributed by atoms with Crippen LogP contribution in [0.1, 0.15) is 108 Å². The van der Waals surface area contributed by atoms with Crippen molar-refractivity contribution < 1.29 is 28.8 Å². The third-order valence-corrected chi connectivity index (χ3v) is 10.9. The topological polar surface area (TPSA) is 192 Å². The van der Waals surface area contributed by atoms with Gasteiger partial charge in [-0.05, 0) is 66.9 Å². The van der Waals surface area contributed by atoms with Crippen LogP contribution in [0.3, 0.4) is 0 Å². The van der Waals surface area contributed by atoms with Crippen molar-refractivity contribution >= 4 is 35.3 Å². The largest absolute Gasteiger partial charge is 0.345 e. The molecule has 5 rings (SSSR count). The van der Waals surface area contributed by atoms with Crippen molar-refractivity contribution in [2.75, 3.05) is 6.54 Å². The first kappa shape index (κ1) is 39.5. The summed E-state index contributed by atoms with van der Waals surface area (Å²) in [5, 5.41) is 11.4. The van der Waals surface area contributed by atoms with E-state index in [-0.39, 0.29) is 36.4 Å². The fourth-order valence-corrected chi connectivity index (χ4v) is 8.16. The fourth-order valence-electron chi connectivity index (χ4n) is 8.16. The zero-order valence-electron chi connectivity index (χ0n) is 31.3. The number of rotatable bonds is 14. The minimum absolute atomic E-state index is 0.0906. The number of fused-ring (bicyclic) bond motifs is 1. The molecule has 2 aromatic heterocycles. The maximum atomic E-state index is 14.7. The average Bonchev–Trinajstić information content (AvgIpc) is 3.77. The molecule has 14 heteroatoms. The van der Waals surface area contributed by atoms with E-state index in [9.17, 15) is 28.8 Å². The van der Waals surface area contributed by atoms with Gasteiger partial charge in [0.25, 0.3) is 11.8 Å². The van der Waals surface area contributed by atoms with Crippen LogP contribution in [0.25, 0.3) is 0 Å². The lowest BCUT2D eigenvalue weighted by Gasteiger charge is -2.38. The Bertz CT molecular complexity index is 1610. The van der Waals surface area contributed by atoms with Gasteiger partial charge in [0.05, 0.1) is 12.2 Å². The maximum absolute atomic E-state index is 14.7. The molecule has 5 amide bonds. The van der Waals surface area contributed by atoms with Crippen LogP contribution in [0.4, 0.5) is 0 Å². The number of ketones is 1. The first-order valence-corrected chi connectivity index (χ1v) is 19.1. The zero-order valence-corrected chi connectivity index (χ0v) is 31.3. The van der Waals surface area contributed by atoms with Gasteiger partial charge in [0.1, 0.15) is 23.8 Å². The van der Waals surface area contributed by atoms with E-state index in [1.807, 2.05) is 27.7 Å². The van der Waals surface area contributed by atoms with Gasteiger partial charge < -0.3 is 26.2 Å². The molecule has 3 heterocycles. The van der Waals surface area contributed by atoms with Crippen LogP contribution >= 0.6 is 0 Å². The van der Waals surface area contributed by atoms with Crippen molar-refractivity contribution in [2.45, 2.75) is 123 Å². The monoisotopic (exact) mass is 730 g/mol. The lowest BCUT2D eigenvalue weighted by Crippen LogP contribution is -2.62. The first-order chi connectivity index (χ1) is 25.4. The highest BCUT2D eigenvalue weighted by atomic mass is 16.2. The SMILES string of the molecule is CCC[C@@H](NC(=O)[C@@H]1C2CCC[C@H]2CN1C(=O)[C@@H](NC(=O)[C@H](NC(=O)c1cnccn1)C1CCCCC1)C(C)(C)C)C(=O)C(=O)NCc1cccnc1. The smallest absolute Gasteiger partial charge is 0.289 e. The van der Waals surface area contributed by atoms with E-state index in [2.05, 4.69) is 36.2 Å². The van der Waals surface area contributed by atoms with Crippen molar-refractivity contribution in [3.05, 3.63) is 54.4 Å². The van der Waals surface area contributed by atoms with Crippen molar-refractivity contribution in [1.29, 1.82) is 0 Å². The molecule has 1 saturated heterocycles. The van der Waals surface area contributed by atoms with E-state index in [1.54, 1.807) is 29.4 Å². The van der Waals surface area contributed by atoms with E-state index in [4.69, 9.17) is 0 Å². The van der Waals surface area contributed by atoms with Crippen LogP contribution in [0.5, 0.6) is 0 Å². The highest BCUT2D eigenvalue weighted by Crippen LogP contribution is 2.43. The molecule has 2 saturated carbocycles. The van der Waals surface area contributed by atoms with E-state index >= 15 is 0 Å². The summed E-state index contributed by atoms with van der Waals surface area (Å²) in [5.41, 5.74) is 0.0632. The molecule has 2 aliphatic carbocycles. The minimum Gasteiger partial charge on any atom is -0.345 e. The van der Waals surface area contributed by atoms with Gasteiger partial charge in [0.15, 0.2) is 0 Å². The van der Waals surface area contributed by atoms with E-state index in [0.717, 1.165) is 56.9 Å². The van der Waals surface area contributed by atoms with E-state index in [1.165, 1.54) is 18.6 Å². The zero-order chi connectivity index (χ0) is 38.1. The second-order valence-electron chi connectivity index (χ2n) is 15.8. The third kappa shape index (κ3) is 9.82. The first-order valence-electron chi connectivity index (χ1n) is 19.1. The molecule has 14 nitrogen and oxygen atoms in total. The van der Waals surface area contributed by atoms with Gasteiger partial charge in [-0.15, -0.1) is 0 Å². The van der Waals surface area contributed by atoms with Crippen LogP contribution in [-0.2, 0) is 30.5 Å². The molecule has 1 aliphatic heterocycles. The van der Waals surface area contributed by atoms with Crippen LogP contribution in [0.2, 0.25) is 0 Å². The summed E-state index contributed by atoms with van der Waals surface area (Å²) in [6, 6.07) is -0.330. The number of hydrogen-bond donors (Lipinski definition) is 4. The predicted molar refractivity (Wildman–Crippen MR) is 196 cm³/mol. The molecule has 6 atom stereocenters. The van der Waals surface area contributed by atoms with Gasteiger partial charge in [-0.25, -0.2) is 4.98 Å². The molecule has 1 unspecified atom stereocenters. The second-order valence-corrected chi connectivity index (χ2v) is 15.8. The summed E-state index contributed by atoms with van der Waals surface area (Å²) >= 11 is 0. The van der Waals surface area contributed by atoms with E-state index < -0.39 is 64.9 Å². The summed E-state index contributed by atoms with van der Waals surface area (Å²) in [7, 11) is 0. The number of nitrogens with one attached hydrogen (secondary N) is 4. The molecule has 0 radical (unpaired) electrons. The normalized spacial score (nSPS) is 21.8. The molecular weight excluding hydrogens is 676 g/mol. The molecular formula is C39H54N8O6. The minimum atomic E-state index is -1.06. The number of carbonyl (C=O) groups is 6. The quantitative estimate of drug-likeness (QED) is 0.212. The van der Waals surface area contributed by atoms with Gasteiger partial charge >= 0.3 is 0 Å². The summed E-state index contributed by atoms with van der Waals surface area (Å²) in [4.78, 5) is 96.3. The van der Waals surface area contributed by atoms with E-state index in [0.29, 0.717) is 13.0 Å². The van der Waals surface area contributed by atoms with Crippen LogP contribution in [-0.4, -0.2) is 85.9 Å². The second kappa shape index (κ2) is 17.8. The number of carbonyl (C=O) groups excluding carboxylic acids is 6. The Morgan fingerprint density at radius 1 is 0.887 bits per heavy atom. The Labute approximate surface area is 311 Å². The van der Waals surface area contributed by atoms with Crippen molar-refractivity contribution in [2.24, 2.45) is 23.2 Å². The third-order valence-electron chi connectivity index (χ3n) is 10.9. The number of aromatic nitrogens is 3. The van der Waals surface area contributed by atoms with Gasteiger partial charge in [0.2, 0.25) is 23.5 Å². The molecule has 286 valence electrons. The number of amides is 5. The van der Waals surface area contributed by atoms with Gasteiger partial charge in [-0.1, -0.05) is 65.9 Å². The fraction of sp³-hybridized carbons (Fsp3) is 0.615. The van der Waals surface area contributed by atoms with Gasteiger partial charge in [-0.3, -0.25) is 38.7 Å². The van der Waals surface area contributed by atoms with Gasteiger partial charge in [-0.2, -0.15) is 0 Å². The molecule has 4 N–H and O–H groups in total. The standard InChI is InChI=1S/C39H54N8O6/c1-5-11-28(32(48)37(52)43-21-24-12-10-17-40-20-24)44-36(51)31-27-16-9-15-26(27)23-47(31)38(53)33(39(2,3)4)46-35(50)30(25-13-7-6-8-14-25)45-34(49)29-22-41-18-19-42-29/h10,12,17-20,22,25-28,30-31,33H,5-9,11,13-16,21,23H2,1-4H3,(H,43,52)(H,44,51)(H,45,49)(H,46,50)/t26-,27?,28+,30+,31-,33+/m0/s1.